The molecule has 0 spiro atoms. The van der Waals surface area contributed by atoms with Gasteiger partial charge in [0.25, 0.3) is 0 Å². The van der Waals surface area contributed by atoms with Crippen molar-refractivity contribution in [1.29, 1.82) is 0 Å². The number of hydrogen-bond acceptors (Lipinski definition) is 6. The molecule has 0 saturated carbocycles. The van der Waals surface area contributed by atoms with Gasteiger partial charge in [0.1, 0.15) is 12.2 Å². The zero-order chi connectivity index (χ0) is 16.8. The number of aromatic nitrogens is 1. The third kappa shape index (κ3) is 4.96. The van der Waals surface area contributed by atoms with Gasteiger partial charge < -0.3 is 20.3 Å². The van der Waals surface area contributed by atoms with E-state index in [-0.39, 0.29) is 18.8 Å². The van der Waals surface area contributed by atoms with Gasteiger partial charge in [-0.05, 0) is 19.2 Å². The van der Waals surface area contributed by atoms with Crippen LogP contribution >= 0.6 is 0 Å². The lowest BCUT2D eigenvalue weighted by Gasteiger charge is -2.30. The van der Waals surface area contributed by atoms with Crippen molar-refractivity contribution in [2.45, 2.75) is 50.7 Å². The van der Waals surface area contributed by atoms with E-state index in [1.165, 1.54) is 0 Å². The third-order valence-corrected chi connectivity index (χ3v) is 4.32. The molecule has 1 aliphatic rings. The van der Waals surface area contributed by atoms with Crippen molar-refractivity contribution in [2.75, 3.05) is 26.7 Å². The fourth-order valence-electron chi connectivity index (χ4n) is 3.03. The molecule has 130 valence electrons. The van der Waals surface area contributed by atoms with Gasteiger partial charge in [0, 0.05) is 37.4 Å². The third-order valence-electron chi connectivity index (χ3n) is 4.32. The van der Waals surface area contributed by atoms with Crippen LogP contribution in [0.15, 0.2) is 24.4 Å². The van der Waals surface area contributed by atoms with Crippen molar-refractivity contribution in [2.24, 2.45) is 0 Å². The molecule has 0 radical (unpaired) electrons. The van der Waals surface area contributed by atoms with Crippen molar-refractivity contribution in [1.82, 2.24) is 15.2 Å². The summed E-state index contributed by atoms with van der Waals surface area (Å²) < 4.78 is 5.84. The number of ether oxygens (including phenoxy) is 1. The maximum absolute atomic E-state index is 10.5. The Labute approximate surface area is 138 Å². The minimum Gasteiger partial charge on any atom is -0.394 e. The summed E-state index contributed by atoms with van der Waals surface area (Å²) in [4.78, 5) is 6.45. The first-order valence-electron chi connectivity index (χ1n) is 8.30. The van der Waals surface area contributed by atoms with E-state index in [0.29, 0.717) is 12.6 Å². The minimum absolute atomic E-state index is 0.137. The molecule has 0 amide bonds. The van der Waals surface area contributed by atoms with Crippen LogP contribution in [0.4, 0.5) is 0 Å². The highest BCUT2D eigenvalue weighted by Crippen LogP contribution is 2.25. The Kier molecular flexibility index (Phi) is 6.92. The zero-order valence-electron chi connectivity index (χ0n) is 14.2. The second kappa shape index (κ2) is 8.70. The van der Waals surface area contributed by atoms with Gasteiger partial charge in [-0.15, -0.1) is 0 Å². The number of nitrogens with zero attached hydrogens (tertiary/aromatic N) is 2. The molecule has 1 fully saturated rings. The molecule has 6 heteroatoms. The largest absolute Gasteiger partial charge is 0.394 e. The van der Waals surface area contributed by atoms with Gasteiger partial charge in [0.05, 0.1) is 18.8 Å². The van der Waals surface area contributed by atoms with E-state index in [1.807, 2.05) is 25.2 Å². The summed E-state index contributed by atoms with van der Waals surface area (Å²) >= 11 is 0. The summed E-state index contributed by atoms with van der Waals surface area (Å²) in [6, 6.07) is 6.10. The number of likely N-dealkylation sites (N-methyl/N-ethyl adjacent to an activating group) is 1. The van der Waals surface area contributed by atoms with Crippen molar-refractivity contribution in [3.05, 3.63) is 30.1 Å². The topological polar surface area (TPSA) is 77.8 Å². The van der Waals surface area contributed by atoms with Crippen LogP contribution in [-0.2, 0) is 11.2 Å². The van der Waals surface area contributed by atoms with Crippen molar-refractivity contribution in [3.8, 4) is 0 Å². The summed E-state index contributed by atoms with van der Waals surface area (Å²) in [7, 11) is 1.99. The zero-order valence-corrected chi connectivity index (χ0v) is 14.2. The predicted octanol–water partition coefficient (Wildman–Crippen LogP) is 0.0431. The van der Waals surface area contributed by atoms with Crippen LogP contribution in [0.25, 0.3) is 0 Å². The number of aliphatic hydroxyl groups excluding tert-OH is 2. The van der Waals surface area contributed by atoms with Gasteiger partial charge in [-0.1, -0.05) is 19.9 Å². The monoisotopic (exact) mass is 323 g/mol. The first-order chi connectivity index (χ1) is 11.0. The molecular formula is C17H29N3O3. The Hall–Kier alpha value is -1.05. The molecule has 1 saturated heterocycles. The van der Waals surface area contributed by atoms with Crippen LogP contribution in [-0.4, -0.2) is 77.2 Å². The molecule has 0 unspecified atom stereocenters. The Morgan fingerprint density at radius 3 is 2.74 bits per heavy atom. The number of nitrogens with one attached hydrogen (secondary N) is 1. The number of rotatable bonds is 8. The Morgan fingerprint density at radius 1 is 1.35 bits per heavy atom. The van der Waals surface area contributed by atoms with Gasteiger partial charge in [0.2, 0.25) is 0 Å². The van der Waals surface area contributed by atoms with E-state index in [2.05, 4.69) is 29.0 Å². The van der Waals surface area contributed by atoms with Gasteiger partial charge >= 0.3 is 0 Å². The molecule has 2 heterocycles. The van der Waals surface area contributed by atoms with Crippen LogP contribution in [0.2, 0.25) is 0 Å². The summed E-state index contributed by atoms with van der Waals surface area (Å²) in [5.41, 5.74) is 1.03. The van der Waals surface area contributed by atoms with E-state index in [0.717, 1.165) is 18.7 Å². The lowest BCUT2D eigenvalue weighted by molar-refractivity contribution is -0.0216. The molecule has 1 aromatic rings. The molecule has 4 atom stereocenters. The maximum atomic E-state index is 10.5. The van der Waals surface area contributed by atoms with Gasteiger partial charge in [0.15, 0.2) is 0 Å². The van der Waals surface area contributed by atoms with Gasteiger partial charge in [-0.2, -0.15) is 0 Å². The van der Waals surface area contributed by atoms with Crippen LogP contribution < -0.4 is 5.32 Å². The minimum atomic E-state index is -0.687. The number of pyridine rings is 1. The van der Waals surface area contributed by atoms with E-state index in [9.17, 15) is 10.2 Å². The molecule has 23 heavy (non-hydrogen) atoms. The Morgan fingerprint density at radius 2 is 2.13 bits per heavy atom. The number of hydrogen-bond donors (Lipinski definition) is 3. The Bertz CT molecular complexity index is 458. The second-order valence-corrected chi connectivity index (χ2v) is 6.49. The van der Waals surface area contributed by atoms with Crippen LogP contribution in [0.1, 0.15) is 19.5 Å². The molecule has 6 nitrogen and oxygen atoms in total. The summed E-state index contributed by atoms with van der Waals surface area (Å²) in [6.45, 7) is 5.43. The Balaban J connectivity index is 1.96. The molecule has 3 N–H and O–H groups in total. The highest BCUT2D eigenvalue weighted by Gasteiger charge is 2.44. The SMILES string of the molecule is CC(C)NC[C@@H]1O[C@@H](CO)[C@@H](O)[C@H]1N(C)CCc1ccccn1. The lowest BCUT2D eigenvalue weighted by Crippen LogP contribution is -2.50. The highest BCUT2D eigenvalue weighted by molar-refractivity contribution is 5.04. The fraction of sp³-hybridized carbons (Fsp3) is 0.706. The fourth-order valence-corrected chi connectivity index (χ4v) is 3.03. The normalized spacial score (nSPS) is 28.0. The summed E-state index contributed by atoms with van der Waals surface area (Å²) in [5, 5.41) is 23.2. The molecule has 0 aromatic carbocycles. The van der Waals surface area contributed by atoms with E-state index >= 15 is 0 Å². The van der Waals surface area contributed by atoms with Crippen LogP contribution in [0.5, 0.6) is 0 Å². The summed E-state index contributed by atoms with van der Waals surface area (Å²) in [6.07, 6.45) is 1.26. The predicted molar refractivity (Wildman–Crippen MR) is 89.3 cm³/mol. The summed E-state index contributed by atoms with van der Waals surface area (Å²) in [5.74, 6) is 0. The number of aliphatic hydroxyl groups is 2. The van der Waals surface area contributed by atoms with Gasteiger partial charge in [-0.3, -0.25) is 9.88 Å². The van der Waals surface area contributed by atoms with Crippen LogP contribution in [0, 0.1) is 0 Å². The van der Waals surface area contributed by atoms with Crippen molar-refractivity contribution in [3.63, 3.8) is 0 Å². The average Bonchev–Trinajstić information content (AvgIpc) is 2.87. The standard InChI is InChI=1S/C17H29N3O3/c1-12(2)19-10-14-16(17(22)15(11-21)23-14)20(3)9-7-13-6-4-5-8-18-13/h4-6,8,12,14-17,19,21-22H,7,9-11H2,1-3H3/t14-,15-,16-,17+/m0/s1. The molecule has 1 aromatic heterocycles. The highest BCUT2D eigenvalue weighted by atomic mass is 16.5. The second-order valence-electron chi connectivity index (χ2n) is 6.49. The first-order valence-corrected chi connectivity index (χ1v) is 8.30. The van der Waals surface area contributed by atoms with E-state index in [1.54, 1.807) is 6.20 Å². The molecule has 1 aliphatic heterocycles. The lowest BCUT2D eigenvalue weighted by atomic mass is 10.0. The quantitative estimate of drug-likeness (QED) is 0.627. The van der Waals surface area contributed by atoms with E-state index < -0.39 is 12.2 Å². The molecule has 0 bridgehead atoms. The van der Waals surface area contributed by atoms with Crippen molar-refractivity contribution >= 4 is 0 Å². The van der Waals surface area contributed by atoms with Crippen molar-refractivity contribution < 1.29 is 14.9 Å². The van der Waals surface area contributed by atoms with E-state index in [4.69, 9.17) is 4.74 Å². The molecule has 2 rings (SSSR count). The first kappa shape index (κ1) is 18.3. The smallest absolute Gasteiger partial charge is 0.109 e. The van der Waals surface area contributed by atoms with Gasteiger partial charge in [-0.25, -0.2) is 0 Å². The molecule has 0 aliphatic carbocycles. The van der Waals surface area contributed by atoms with Crippen LogP contribution in [0.3, 0.4) is 0 Å². The average molecular weight is 323 g/mol. The maximum Gasteiger partial charge on any atom is 0.109 e. The molecular weight excluding hydrogens is 294 g/mol.